The Morgan fingerprint density at radius 2 is 2.38 bits per heavy atom. The van der Waals surface area contributed by atoms with Crippen LogP contribution in [-0.4, -0.2) is 48.3 Å². The van der Waals surface area contributed by atoms with E-state index in [1.807, 2.05) is 6.07 Å². The summed E-state index contributed by atoms with van der Waals surface area (Å²) in [6.45, 7) is 1.15. The number of amides is 1. The minimum Gasteiger partial charge on any atom is -0.397 e. The molecule has 1 unspecified atom stereocenters. The van der Waals surface area contributed by atoms with Crippen molar-refractivity contribution in [1.29, 1.82) is 0 Å². The number of aliphatic hydroxyl groups is 1. The molecule has 3 rings (SSSR count). The lowest BCUT2D eigenvalue weighted by Crippen LogP contribution is -2.50. The molecule has 1 atom stereocenters. The number of morpholine rings is 1. The van der Waals surface area contributed by atoms with E-state index in [-0.39, 0.29) is 18.6 Å². The topological polar surface area (TPSA) is 75.8 Å². The summed E-state index contributed by atoms with van der Waals surface area (Å²) in [4.78, 5) is 14.8. The average Bonchev–Trinajstić information content (AvgIpc) is 2.83. The van der Waals surface area contributed by atoms with Crippen molar-refractivity contribution in [3.63, 3.8) is 0 Å². The first-order valence-corrected chi connectivity index (χ1v) is 7.78. The number of nitrogen functional groups attached to an aromatic ring is 1. The Labute approximate surface area is 130 Å². The minimum absolute atomic E-state index is 0.123. The molecule has 0 radical (unpaired) electrons. The van der Waals surface area contributed by atoms with Crippen LogP contribution in [0.1, 0.15) is 9.67 Å². The van der Waals surface area contributed by atoms with Crippen LogP contribution in [-0.2, 0) is 4.74 Å². The van der Waals surface area contributed by atoms with Gasteiger partial charge in [-0.05, 0) is 18.2 Å². The second-order valence-corrected chi connectivity index (χ2v) is 6.38. The first-order chi connectivity index (χ1) is 10.1. The number of rotatable bonds is 2. The second kappa shape index (κ2) is 5.81. The Kier molecular flexibility index (Phi) is 4.03. The van der Waals surface area contributed by atoms with Gasteiger partial charge in [-0.2, -0.15) is 0 Å². The fourth-order valence-corrected chi connectivity index (χ4v) is 3.68. The average molecular weight is 327 g/mol. The quantitative estimate of drug-likeness (QED) is 0.884. The molecular weight excluding hydrogens is 312 g/mol. The van der Waals surface area contributed by atoms with Crippen LogP contribution < -0.4 is 5.73 Å². The van der Waals surface area contributed by atoms with E-state index in [2.05, 4.69) is 0 Å². The Morgan fingerprint density at radius 3 is 3.14 bits per heavy atom. The third-order valence-electron chi connectivity index (χ3n) is 3.58. The summed E-state index contributed by atoms with van der Waals surface area (Å²) >= 11 is 7.33. The van der Waals surface area contributed by atoms with E-state index in [9.17, 15) is 9.90 Å². The zero-order valence-corrected chi connectivity index (χ0v) is 12.8. The highest BCUT2D eigenvalue weighted by Gasteiger charge is 2.30. The summed E-state index contributed by atoms with van der Waals surface area (Å²) in [5.74, 6) is -0.160. The summed E-state index contributed by atoms with van der Waals surface area (Å²) in [7, 11) is 0. The van der Waals surface area contributed by atoms with Gasteiger partial charge in [-0.25, -0.2) is 0 Å². The number of hydrogen-bond acceptors (Lipinski definition) is 5. The number of hydrogen-bond donors (Lipinski definition) is 2. The molecular formula is C14H15ClN2O3S. The highest BCUT2D eigenvalue weighted by Crippen LogP contribution is 2.36. The number of fused-ring (bicyclic) bond motifs is 1. The van der Waals surface area contributed by atoms with Crippen LogP contribution in [0.25, 0.3) is 10.1 Å². The fraction of sp³-hybridized carbons (Fsp3) is 0.357. The standard InChI is InChI=1S/C14H15ClN2O3S/c15-8-1-2-11-10(5-8)12(16)13(21-11)14(19)17-3-4-20-7-9(17)6-18/h1-2,5,9,18H,3-4,6-7,16H2. The molecule has 0 spiro atoms. The fourth-order valence-electron chi connectivity index (χ4n) is 2.45. The lowest BCUT2D eigenvalue weighted by molar-refractivity contribution is -0.0181. The van der Waals surface area contributed by atoms with E-state index in [0.717, 1.165) is 10.1 Å². The number of benzene rings is 1. The van der Waals surface area contributed by atoms with Crippen molar-refractivity contribution < 1.29 is 14.6 Å². The summed E-state index contributed by atoms with van der Waals surface area (Å²) in [5.41, 5.74) is 6.56. The van der Waals surface area contributed by atoms with Crippen LogP contribution in [0.5, 0.6) is 0 Å². The molecule has 5 nitrogen and oxygen atoms in total. The zero-order chi connectivity index (χ0) is 15.0. The third-order valence-corrected chi connectivity index (χ3v) is 4.99. The lowest BCUT2D eigenvalue weighted by atomic mass is 10.2. The van der Waals surface area contributed by atoms with Crippen LogP contribution in [0.3, 0.4) is 0 Å². The van der Waals surface area contributed by atoms with Crippen molar-refractivity contribution in [3.8, 4) is 0 Å². The molecule has 1 fully saturated rings. The number of anilines is 1. The van der Waals surface area contributed by atoms with E-state index in [1.54, 1.807) is 17.0 Å². The minimum atomic E-state index is -0.320. The molecule has 7 heteroatoms. The van der Waals surface area contributed by atoms with Crippen LogP contribution in [0.2, 0.25) is 5.02 Å². The van der Waals surface area contributed by atoms with Gasteiger partial charge in [0, 0.05) is 21.7 Å². The highest BCUT2D eigenvalue weighted by atomic mass is 35.5. The Balaban J connectivity index is 1.99. The van der Waals surface area contributed by atoms with Crippen molar-refractivity contribution >= 4 is 44.6 Å². The summed E-state index contributed by atoms with van der Waals surface area (Å²) < 4.78 is 6.22. The van der Waals surface area contributed by atoms with Crippen molar-refractivity contribution in [1.82, 2.24) is 4.90 Å². The number of carbonyl (C=O) groups is 1. The molecule has 3 N–H and O–H groups in total. The maximum atomic E-state index is 12.7. The van der Waals surface area contributed by atoms with E-state index in [0.29, 0.717) is 35.3 Å². The van der Waals surface area contributed by atoms with E-state index < -0.39 is 0 Å². The zero-order valence-electron chi connectivity index (χ0n) is 11.2. The van der Waals surface area contributed by atoms with Crippen molar-refractivity contribution in [3.05, 3.63) is 28.1 Å². The van der Waals surface area contributed by atoms with Crippen LogP contribution in [0.15, 0.2) is 18.2 Å². The normalized spacial score (nSPS) is 19.1. The summed E-state index contributed by atoms with van der Waals surface area (Å²) in [6, 6.07) is 5.08. The molecule has 1 aromatic carbocycles. The van der Waals surface area contributed by atoms with Gasteiger partial charge in [-0.1, -0.05) is 11.6 Å². The molecule has 0 bridgehead atoms. The lowest BCUT2D eigenvalue weighted by Gasteiger charge is -2.34. The largest absolute Gasteiger partial charge is 0.397 e. The van der Waals surface area contributed by atoms with E-state index >= 15 is 0 Å². The molecule has 1 saturated heterocycles. The number of nitrogens with zero attached hydrogens (tertiary/aromatic N) is 1. The number of ether oxygens (including phenoxy) is 1. The van der Waals surface area contributed by atoms with Gasteiger partial charge < -0.3 is 20.5 Å². The predicted octanol–water partition coefficient (Wildman–Crippen LogP) is 1.97. The molecule has 1 amide bonds. The number of halogens is 1. The van der Waals surface area contributed by atoms with Gasteiger partial charge in [-0.3, -0.25) is 4.79 Å². The molecule has 0 saturated carbocycles. The van der Waals surface area contributed by atoms with Crippen molar-refractivity contribution in [2.24, 2.45) is 0 Å². The van der Waals surface area contributed by atoms with Gasteiger partial charge in [0.1, 0.15) is 4.88 Å². The number of nitrogens with two attached hydrogens (primary N) is 1. The van der Waals surface area contributed by atoms with E-state index in [4.69, 9.17) is 22.1 Å². The molecule has 21 heavy (non-hydrogen) atoms. The third kappa shape index (κ3) is 2.60. The van der Waals surface area contributed by atoms with Gasteiger partial charge in [0.25, 0.3) is 5.91 Å². The van der Waals surface area contributed by atoms with E-state index in [1.165, 1.54) is 11.3 Å². The number of aliphatic hydroxyl groups excluding tert-OH is 1. The Bertz CT molecular complexity index is 688. The number of carbonyl (C=O) groups excluding carboxylic acids is 1. The monoisotopic (exact) mass is 326 g/mol. The number of thiophene rings is 1. The first-order valence-electron chi connectivity index (χ1n) is 6.59. The van der Waals surface area contributed by atoms with Gasteiger partial charge >= 0.3 is 0 Å². The maximum absolute atomic E-state index is 12.7. The molecule has 1 aromatic heterocycles. The SMILES string of the molecule is Nc1c(C(=O)N2CCOCC2CO)sc2ccc(Cl)cc12. The molecule has 0 aliphatic carbocycles. The van der Waals surface area contributed by atoms with Crippen LogP contribution >= 0.6 is 22.9 Å². The molecule has 2 heterocycles. The van der Waals surface area contributed by atoms with Gasteiger partial charge in [0.15, 0.2) is 0 Å². The van der Waals surface area contributed by atoms with Gasteiger partial charge in [0.05, 0.1) is 31.5 Å². The van der Waals surface area contributed by atoms with Gasteiger partial charge in [0.2, 0.25) is 0 Å². The molecule has 112 valence electrons. The van der Waals surface area contributed by atoms with Crippen molar-refractivity contribution in [2.45, 2.75) is 6.04 Å². The summed E-state index contributed by atoms with van der Waals surface area (Å²) in [6.07, 6.45) is 0. The predicted molar refractivity (Wildman–Crippen MR) is 84.0 cm³/mol. The van der Waals surface area contributed by atoms with Gasteiger partial charge in [-0.15, -0.1) is 11.3 Å². The van der Waals surface area contributed by atoms with Crippen molar-refractivity contribution in [2.75, 3.05) is 32.1 Å². The second-order valence-electron chi connectivity index (χ2n) is 4.90. The highest BCUT2D eigenvalue weighted by molar-refractivity contribution is 7.21. The Morgan fingerprint density at radius 1 is 1.57 bits per heavy atom. The van der Waals surface area contributed by atoms with Crippen LogP contribution in [0.4, 0.5) is 5.69 Å². The smallest absolute Gasteiger partial charge is 0.266 e. The maximum Gasteiger partial charge on any atom is 0.266 e. The molecule has 1 aliphatic heterocycles. The Hall–Kier alpha value is -1.34. The molecule has 1 aliphatic rings. The van der Waals surface area contributed by atoms with Crippen LogP contribution in [0, 0.1) is 0 Å². The molecule has 2 aromatic rings. The summed E-state index contributed by atoms with van der Waals surface area (Å²) in [5, 5.41) is 10.8. The first kappa shape index (κ1) is 14.6.